The van der Waals surface area contributed by atoms with Gasteiger partial charge in [0.25, 0.3) is 11.6 Å². The van der Waals surface area contributed by atoms with Gasteiger partial charge in [-0.1, -0.05) is 15.9 Å². The molecule has 0 aliphatic carbocycles. The van der Waals surface area contributed by atoms with Crippen LogP contribution < -0.4 is 0 Å². The zero-order chi connectivity index (χ0) is 14.0. The summed E-state index contributed by atoms with van der Waals surface area (Å²) in [7, 11) is 2.01. The molecule has 1 fully saturated rings. The van der Waals surface area contributed by atoms with Crippen LogP contribution in [-0.2, 0) is 0 Å². The summed E-state index contributed by atoms with van der Waals surface area (Å²) >= 11 is 3.20. The highest BCUT2D eigenvalue weighted by atomic mass is 79.9. The number of hydrogen-bond acceptors (Lipinski definition) is 4. The number of nitrogens with zero attached hydrogens (tertiary/aromatic N) is 3. The highest BCUT2D eigenvalue weighted by molar-refractivity contribution is 9.10. The van der Waals surface area contributed by atoms with Crippen molar-refractivity contribution in [1.82, 2.24) is 9.80 Å². The lowest BCUT2D eigenvalue weighted by atomic mass is 10.1. The summed E-state index contributed by atoms with van der Waals surface area (Å²) < 4.78 is 0.541. The van der Waals surface area contributed by atoms with Crippen molar-refractivity contribution in [1.29, 1.82) is 0 Å². The van der Waals surface area contributed by atoms with E-state index in [1.165, 1.54) is 12.1 Å². The first-order chi connectivity index (χ1) is 8.97. The zero-order valence-electron chi connectivity index (χ0n) is 10.5. The lowest BCUT2D eigenvalue weighted by molar-refractivity contribution is -0.385. The van der Waals surface area contributed by atoms with Crippen LogP contribution in [0.25, 0.3) is 0 Å². The number of piperazine rings is 1. The van der Waals surface area contributed by atoms with Gasteiger partial charge in [0.2, 0.25) is 0 Å². The zero-order valence-corrected chi connectivity index (χ0v) is 12.1. The average molecular weight is 328 g/mol. The van der Waals surface area contributed by atoms with E-state index in [0.717, 1.165) is 13.1 Å². The Morgan fingerprint density at radius 1 is 1.26 bits per heavy atom. The van der Waals surface area contributed by atoms with Gasteiger partial charge in [0.1, 0.15) is 0 Å². The van der Waals surface area contributed by atoms with Crippen molar-refractivity contribution in [2.45, 2.75) is 0 Å². The first-order valence-corrected chi connectivity index (χ1v) is 6.69. The van der Waals surface area contributed by atoms with Crippen LogP contribution in [0, 0.1) is 10.1 Å². The molecule has 0 bridgehead atoms. The van der Waals surface area contributed by atoms with Crippen molar-refractivity contribution in [3.05, 3.63) is 38.3 Å². The van der Waals surface area contributed by atoms with Crippen LogP contribution in [0.4, 0.5) is 5.69 Å². The maximum Gasteiger partial charge on any atom is 0.271 e. The van der Waals surface area contributed by atoms with E-state index in [9.17, 15) is 14.9 Å². The molecule has 1 aromatic rings. The molecular formula is C12H14BrN3O3. The molecule has 102 valence electrons. The van der Waals surface area contributed by atoms with E-state index >= 15 is 0 Å². The van der Waals surface area contributed by atoms with E-state index in [2.05, 4.69) is 20.8 Å². The Labute approximate surface area is 119 Å². The Bertz CT molecular complexity index is 513. The molecular weight excluding hydrogens is 314 g/mol. The largest absolute Gasteiger partial charge is 0.336 e. The number of nitro benzene ring substituents is 1. The summed E-state index contributed by atoms with van der Waals surface area (Å²) in [5.41, 5.74) is 0.275. The number of rotatable bonds is 2. The van der Waals surface area contributed by atoms with Crippen LogP contribution in [0.3, 0.4) is 0 Å². The fourth-order valence-electron chi connectivity index (χ4n) is 2.00. The van der Waals surface area contributed by atoms with Gasteiger partial charge in [-0.05, 0) is 13.1 Å². The number of amides is 1. The van der Waals surface area contributed by atoms with Crippen LogP contribution in [0.1, 0.15) is 10.4 Å². The second kappa shape index (κ2) is 5.66. The Morgan fingerprint density at radius 3 is 2.47 bits per heavy atom. The van der Waals surface area contributed by atoms with E-state index in [0.29, 0.717) is 23.1 Å². The Balaban J connectivity index is 2.21. The smallest absolute Gasteiger partial charge is 0.271 e. The standard InChI is InChI=1S/C12H14BrN3O3/c1-14-2-4-15(5-3-14)12(17)9-6-10(13)8-11(7-9)16(18)19/h6-8H,2-5H2,1H3. The van der Waals surface area contributed by atoms with Gasteiger partial charge < -0.3 is 9.80 Å². The highest BCUT2D eigenvalue weighted by Crippen LogP contribution is 2.22. The van der Waals surface area contributed by atoms with Crippen LogP contribution in [0.2, 0.25) is 0 Å². The van der Waals surface area contributed by atoms with Crippen molar-refractivity contribution in [3.8, 4) is 0 Å². The summed E-state index contributed by atoms with van der Waals surface area (Å²) in [4.78, 5) is 26.5. The fraction of sp³-hybridized carbons (Fsp3) is 0.417. The lowest BCUT2D eigenvalue weighted by Crippen LogP contribution is -2.47. The molecule has 0 spiro atoms. The number of nitro groups is 1. The molecule has 7 heteroatoms. The third-order valence-corrected chi connectivity index (χ3v) is 3.59. The van der Waals surface area contributed by atoms with E-state index in [1.807, 2.05) is 7.05 Å². The minimum Gasteiger partial charge on any atom is -0.336 e. The fourth-order valence-corrected chi connectivity index (χ4v) is 2.48. The number of carbonyl (C=O) groups excluding carboxylic acids is 1. The molecule has 0 N–H and O–H groups in total. The molecule has 0 unspecified atom stereocenters. The number of benzene rings is 1. The Morgan fingerprint density at radius 2 is 1.89 bits per heavy atom. The Hall–Kier alpha value is -1.47. The van der Waals surface area contributed by atoms with Gasteiger partial charge in [0.05, 0.1) is 4.92 Å². The maximum absolute atomic E-state index is 12.3. The summed E-state index contributed by atoms with van der Waals surface area (Å²) in [6, 6.07) is 4.33. The minimum absolute atomic E-state index is 0.0770. The van der Waals surface area contributed by atoms with E-state index in [-0.39, 0.29) is 11.6 Å². The summed E-state index contributed by atoms with van der Waals surface area (Å²) in [5.74, 6) is -0.155. The third-order valence-electron chi connectivity index (χ3n) is 3.13. The minimum atomic E-state index is -0.495. The molecule has 19 heavy (non-hydrogen) atoms. The van der Waals surface area contributed by atoms with Crippen LogP contribution in [0.5, 0.6) is 0 Å². The highest BCUT2D eigenvalue weighted by Gasteiger charge is 2.22. The Kier molecular flexibility index (Phi) is 4.16. The number of likely N-dealkylation sites (N-methyl/N-ethyl adjacent to an activating group) is 1. The second-order valence-corrected chi connectivity index (χ2v) is 5.47. The van der Waals surface area contributed by atoms with E-state index in [1.54, 1.807) is 11.0 Å². The summed E-state index contributed by atoms with van der Waals surface area (Å²) in [6.45, 7) is 2.94. The molecule has 1 saturated heterocycles. The predicted octanol–water partition coefficient (Wildman–Crippen LogP) is 1.74. The first kappa shape index (κ1) is 14.0. The molecule has 0 saturated carbocycles. The van der Waals surface area contributed by atoms with Gasteiger partial charge in [0.15, 0.2) is 0 Å². The SMILES string of the molecule is CN1CCN(C(=O)c2cc(Br)cc([N+](=O)[O-])c2)CC1. The van der Waals surface area contributed by atoms with Crippen molar-refractivity contribution >= 4 is 27.5 Å². The first-order valence-electron chi connectivity index (χ1n) is 5.90. The molecule has 0 radical (unpaired) electrons. The number of hydrogen-bond donors (Lipinski definition) is 0. The molecule has 0 aromatic heterocycles. The molecule has 1 aromatic carbocycles. The molecule has 1 amide bonds. The van der Waals surface area contributed by atoms with Gasteiger partial charge in [-0.3, -0.25) is 14.9 Å². The van der Waals surface area contributed by atoms with Gasteiger partial charge in [-0.15, -0.1) is 0 Å². The van der Waals surface area contributed by atoms with Crippen molar-refractivity contribution in [2.75, 3.05) is 33.2 Å². The molecule has 2 rings (SSSR count). The molecule has 0 atom stereocenters. The average Bonchev–Trinajstić information content (AvgIpc) is 2.38. The predicted molar refractivity (Wildman–Crippen MR) is 74.2 cm³/mol. The van der Waals surface area contributed by atoms with Crippen LogP contribution >= 0.6 is 15.9 Å². The normalized spacial score (nSPS) is 16.4. The third kappa shape index (κ3) is 3.30. The van der Waals surface area contributed by atoms with Crippen LogP contribution in [0.15, 0.2) is 22.7 Å². The summed E-state index contributed by atoms with van der Waals surface area (Å²) in [5, 5.41) is 10.8. The van der Waals surface area contributed by atoms with E-state index < -0.39 is 4.92 Å². The van der Waals surface area contributed by atoms with Crippen molar-refractivity contribution < 1.29 is 9.72 Å². The molecule has 1 aliphatic rings. The van der Waals surface area contributed by atoms with E-state index in [4.69, 9.17) is 0 Å². The maximum atomic E-state index is 12.3. The van der Waals surface area contributed by atoms with Gasteiger partial charge in [0, 0.05) is 48.3 Å². The van der Waals surface area contributed by atoms with Gasteiger partial charge in [-0.2, -0.15) is 0 Å². The monoisotopic (exact) mass is 327 g/mol. The molecule has 6 nitrogen and oxygen atoms in total. The lowest BCUT2D eigenvalue weighted by Gasteiger charge is -2.32. The number of carbonyl (C=O) groups is 1. The molecule has 1 heterocycles. The topological polar surface area (TPSA) is 66.7 Å². The second-order valence-electron chi connectivity index (χ2n) is 4.55. The van der Waals surface area contributed by atoms with Crippen LogP contribution in [-0.4, -0.2) is 53.9 Å². The molecule has 1 aliphatic heterocycles. The number of non-ortho nitro benzene ring substituents is 1. The number of halogens is 1. The van der Waals surface area contributed by atoms with Crippen molar-refractivity contribution in [3.63, 3.8) is 0 Å². The summed E-state index contributed by atoms with van der Waals surface area (Å²) in [6.07, 6.45) is 0. The van der Waals surface area contributed by atoms with Gasteiger partial charge in [-0.25, -0.2) is 0 Å². The van der Waals surface area contributed by atoms with Gasteiger partial charge >= 0.3 is 0 Å². The van der Waals surface area contributed by atoms with Crippen molar-refractivity contribution in [2.24, 2.45) is 0 Å². The quantitative estimate of drug-likeness (QED) is 0.613.